The quantitative estimate of drug-likeness (QED) is 0.632. The predicted octanol–water partition coefficient (Wildman–Crippen LogP) is 4.26. The molecule has 0 aliphatic carbocycles. The minimum absolute atomic E-state index is 0.0611. The number of amides is 1. The Bertz CT molecular complexity index is 739. The summed E-state index contributed by atoms with van der Waals surface area (Å²) in [6, 6.07) is 12.2. The molecule has 0 saturated heterocycles. The second-order valence-corrected chi connectivity index (χ2v) is 6.63. The molecule has 2 aromatic rings. The molecule has 0 unspecified atom stereocenters. The fraction of sp³-hybridized carbons (Fsp3) is 0.333. The molecule has 0 aliphatic heterocycles. The number of benzene rings is 2. The Morgan fingerprint density at radius 3 is 2.28 bits per heavy atom. The molecule has 0 saturated carbocycles. The Labute approximate surface area is 149 Å². The molecule has 0 spiro atoms. The van der Waals surface area contributed by atoms with Crippen molar-refractivity contribution in [1.29, 1.82) is 0 Å². The number of aryl methyl sites for hydroxylation is 3. The van der Waals surface area contributed by atoms with Crippen molar-refractivity contribution in [2.75, 3.05) is 6.61 Å². The molecule has 1 N–H and O–H groups in total. The van der Waals surface area contributed by atoms with Crippen LogP contribution in [0.25, 0.3) is 0 Å². The van der Waals surface area contributed by atoms with E-state index < -0.39 is 0 Å². The Kier molecular flexibility index (Phi) is 6.34. The summed E-state index contributed by atoms with van der Waals surface area (Å²) < 4.78 is 5.64. The van der Waals surface area contributed by atoms with Crippen molar-refractivity contribution in [3.05, 3.63) is 64.2 Å². The molecular formula is C21H26N2O2. The van der Waals surface area contributed by atoms with Gasteiger partial charge in [-0.2, -0.15) is 5.10 Å². The molecule has 25 heavy (non-hydrogen) atoms. The highest BCUT2D eigenvalue weighted by Crippen LogP contribution is 2.24. The zero-order valence-corrected chi connectivity index (χ0v) is 15.6. The lowest BCUT2D eigenvalue weighted by Gasteiger charge is -2.12. The lowest BCUT2D eigenvalue weighted by Crippen LogP contribution is -2.25. The molecule has 4 heteroatoms. The van der Waals surface area contributed by atoms with Gasteiger partial charge >= 0.3 is 0 Å². The van der Waals surface area contributed by atoms with Crippen LogP contribution in [-0.2, 0) is 4.79 Å². The van der Waals surface area contributed by atoms with E-state index in [1.165, 1.54) is 11.1 Å². The van der Waals surface area contributed by atoms with Gasteiger partial charge in [0.05, 0.1) is 6.21 Å². The zero-order chi connectivity index (χ0) is 18.4. The van der Waals surface area contributed by atoms with E-state index in [1.54, 1.807) is 6.21 Å². The maximum atomic E-state index is 11.9. The Morgan fingerprint density at radius 1 is 1.12 bits per heavy atom. The van der Waals surface area contributed by atoms with Gasteiger partial charge in [0.1, 0.15) is 5.75 Å². The monoisotopic (exact) mass is 338 g/mol. The number of rotatable bonds is 6. The number of hydrogen-bond acceptors (Lipinski definition) is 3. The van der Waals surface area contributed by atoms with E-state index in [4.69, 9.17) is 4.74 Å². The van der Waals surface area contributed by atoms with Crippen molar-refractivity contribution in [3.63, 3.8) is 0 Å². The van der Waals surface area contributed by atoms with E-state index in [0.29, 0.717) is 5.92 Å². The summed E-state index contributed by atoms with van der Waals surface area (Å²) in [6.07, 6.45) is 1.63. The summed E-state index contributed by atoms with van der Waals surface area (Å²) in [7, 11) is 0. The number of ether oxygens (including phenoxy) is 1. The van der Waals surface area contributed by atoms with Crippen molar-refractivity contribution in [2.45, 2.75) is 40.5 Å². The van der Waals surface area contributed by atoms with Crippen LogP contribution in [-0.4, -0.2) is 18.7 Å². The largest absolute Gasteiger partial charge is 0.483 e. The third-order valence-corrected chi connectivity index (χ3v) is 3.96. The molecule has 0 fully saturated rings. The van der Waals surface area contributed by atoms with Gasteiger partial charge in [0.2, 0.25) is 0 Å². The lowest BCUT2D eigenvalue weighted by molar-refractivity contribution is -0.123. The first-order chi connectivity index (χ1) is 11.9. The molecule has 2 aromatic carbocycles. The Morgan fingerprint density at radius 2 is 1.72 bits per heavy atom. The number of hydrogen-bond donors (Lipinski definition) is 1. The molecule has 0 atom stereocenters. The van der Waals surface area contributed by atoms with Gasteiger partial charge in [-0.25, -0.2) is 5.43 Å². The highest BCUT2D eigenvalue weighted by atomic mass is 16.5. The van der Waals surface area contributed by atoms with Crippen LogP contribution in [0.5, 0.6) is 5.75 Å². The summed E-state index contributed by atoms with van der Waals surface area (Å²) in [6.45, 7) is 10.2. The Hall–Kier alpha value is -2.62. The van der Waals surface area contributed by atoms with E-state index in [1.807, 2.05) is 45.0 Å². The lowest BCUT2D eigenvalue weighted by atomic mass is 10.0. The molecule has 4 nitrogen and oxygen atoms in total. The summed E-state index contributed by atoms with van der Waals surface area (Å²) in [5.41, 5.74) is 7.95. The summed E-state index contributed by atoms with van der Waals surface area (Å²) in [5, 5.41) is 3.98. The van der Waals surface area contributed by atoms with Gasteiger partial charge in [-0.1, -0.05) is 55.8 Å². The average molecular weight is 338 g/mol. The normalized spacial score (nSPS) is 11.1. The molecule has 0 aromatic heterocycles. The molecular weight excluding hydrogens is 312 g/mol. The standard InChI is InChI=1S/C21H26N2O2/c1-14(2)19-8-6-18(7-9-19)12-22-23-20(24)13-25-21-16(4)10-15(3)11-17(21)5/h6-12,14H,13H2,1-5H3,(H,23,24). The van der Waals surface area contributed by atoms with Crippen LogP contribution in [0, 0.1) is 20.8 Å². The first kappa shape index (κ1) is 18.7. The van der Waals surface area contributed by atoms with Gasteiger partial charge in [-0.05, 0) is 48.9 Å². The highest BCUT2D eigenvalue weighted by molar-refractivity contribution is 5.83. The number of carbonyl (C=O) groups excluding carboxylic acids is 1. The molecule has 2 rings (SSSR count). The average Bonchev–Trinajstić information content (AvgIpc) is 2.54. The van der Waals surface area contributed by atoms with Crippen LogP contribution in [0.4, 0.5) is 0 Å². The third kappa shape index (κ3) is 5.45. The fourth-order valence-electron chi connectivity index (χ4n) is 2.71. The predicted molar refractivity (Wildman–Crippen MR) is 102 cm³/mol. The van der Waals surface area contributed by atoms with Crippen molar-refractivity contribution < 1.29 is 9.53 Å². The molecule has 0 bridgehead atoms. The zero-order valence-electron chi connectivity index (χ0n) is 15.6. The van der Waals surface area contributed by atoms with Gasteiger partial charge in [-0.15, -0.1) is 0 Å². The van der Waals surface area contributed by atoms with Crippen LogP contribution in [0.3, 0.4) is 0 Å². The van der Waals surface area contributed by atoms with Crippen molar-refractivity contribution in [2.24, 2.45) is 5.10 Å². The fourth-order valence-corrected chi connectivity index (χ4v) is 2.71. The highest BCUT2D eigenvalue weighted by Gasteiger charge is 2.07. The second-order valence-electron chi connectivity index (χ2n) is 6.63. The first-order valence-electron chi connectivity index (χ1n) is 8.49. The number of nitrogens with one attached hydrogen (secondary N) is 1. The van der Waals surface area contributed by atoms with Crippen LogP contribution < -0.4 is 10.2 Å². The maximum absolute atomic E-state index is 11.9. The molecule has 132 valence electrons. The second kappa shape index (κ2) is 8.47. The van der Waals surface area contributed by atoms with Crippen molar-refractivity contribution in [1.82, 2.24) is 5.43 Å². The smallest absolute Gasteiger partial charge is 0.277 e. The number of hydrazone groups is 1. The number of nitrogens with zero attached hydrogens (tertiary/aromatic N) is 1. The van der Waals surface area contributed by atoms with Gasteiger partial charge in [-0.3, -0.25) is 4.79 Å². The number of carbonyl (C=O) groups is 1. The van der Waals surface area contributed by atoms with Crippen molar-refractivity contribution >= 4 is 12.1 Å². The molecule has 1 amide bonds. The molecule has 0 aliphatic rings. The van der Waals surface area contributed by atoms with E-state index in [-0.39, 0.29) is 12.5 Å². The molecule has 0 radical (unpaired) electrons. The van der Waals surface area contributed by atoms with Crippen LogP contribution in [0.1, 0.15) is 47.6 Å². The molecule has 0 heterocycles. The van der Waals surface area contributed by atoms with Gasteiger partial charge < -0.3 is 4.74 Å². The van der Waals surface area contributed by atoms with Crippen LogP contribution >= 0.6 is 0 Å². The summed E-state index contributed by atoms with van der Waals surface area (Å²) >= 11 is 0. The van der Waals surface area contributed by atoms with E-state index in [9.17, 15) is 4.79 Å². The first-order valence-corrected chi connectivity index (χ1v) is 8.49. The van der Waals surface area contributed by atoms with Gasteiger partial charge in [0.25, 0.3) is 5.91 Å². The van der Waals surface area contributed by atoms with Crippen molar-refractivity contribution in [3.8, 4) is 5.75 Å². The summed E-state index contributed by atoms with van der Waals surface area (Å²) in [4.78, 5) is 11.9. The van der Waals surface area contributed by atoms with Crippen LogP contribution in [0.2, 0.25) is 0 Å². The van der Waals surface area contributed by atoms with Gasteiger partial charge in [0.15, 0.2) is 6.61 Å². The maximum Gasteiger partial charge on any atom is 0.277 e. The SMILES string of the molecule is Cc1cc(C)c(OCC(=O)NN=Cc2ccc(C(C)C)cc2)c(C)c1. The van der Waals surface area contributed by atoms with E-state index in [0.717, 1.165) is 22.4 Å². The summed E-state index contributed by atoms with van der Waals surface area (Å²) in [5.74, 6) is 0.972. The minimum Gasteiger partial charge on any atom is -0.483 e. The Balaban J connectivity index is 1.86. The van der Waals surface area contributed by atoms with Crippen LogP contribution in [0.15, 0.2) is 41.5 Å². The third-order valence-electron chi connectivity index (χ3n) is 3.96. The topological polar surface area (TPSA) is 50.7 Å². The van der Waals surface area contributed by atoms with E-state index in [2.05, 4.69) is 36.5 Å². The van der Waals surface area contributed by atoms with E-state index >= 15 is 0 Å². The minimum atomic E-state index is -0.283. The van der Waals surface area contributed by atoms with Gasteiger partial charge in [0, 0.05) is 0 Å².